The molecule has 3 rings (SSSR count). The van der Waals surface area contributed by atoms with E-state index in [9.17, 15) is 17.6 Å². The van der Waals surface area contributed by atoms with Gasteiger partial charge in [0.1, 0.15) is 27.2 Å². The molecule has 11 heteroatoms. The van der Waals surface area contributed by atoms with Crippen molar-refractivity contribution in [2.75, 3.05) is 37.0 Å². The van der Waals surface area contributed by atoms with Crippen LogP contribution in [0.4, 0.5) is 14.9 Å². The molecule has 8 nitrogen and oxygen atoms in total. The Morgan fingerprint density at radius 1 is 1.39 bits per heavy atom. The number of anilines is 1. The van der Waals surface area contributed by atoms with Crippen LogP contribution < -0.4 is 11.1 Å². The zero-order valence-electron chi connectivity index (χ0n) is 15.5. The van der Waals surface area contributed by atoms with Crippen LogP contribution in [0.3, 0.4) is 0 Å². The number of aliphatic imine (C=N–C) groups is 1. The van der Waals surface area contributed by atoms with E-state index in [2.05, 4.69) is 10.3 Å². The summed E-state index contributed by atoms with van der Waals surface area (Å²) in [5.74, 6) is -0.290. The summed E-state index contributed by atoms with van der Waals surface area (Å²) in [5.41, 5.74) is 6.18. The average Bonchev–Trinajstić information content (AvgIpc) is 2.58. The lowest BCUT2D eigenvalue weighted by Gasteiger charge is -2.42. The van der Waals surface area contributed by atoms with Gasteiger partial charge < -0.3 is 20.7 Å². The largest absolute Gasteiger partial charge is 0.449 e. The zero-order valence-corrected chi connectivity index (χ0v) is 17.1. The van der Waals surface area contributed by atoms with Crippen molar-refractivity contribution in [2.24, 2.45) is 10.7 Å². The molecule has 0 saturated carbocycles. The Morgan fingerprint density at radius 2 is 2.07 bits per heavy atom. The molecule has 28 heavy (non-hydrogen) atoms. The molecule has 0 radical (unpaired) electrons. The molecule has 0 unspecified atom stereocenters. The van der Waals surface area contributed by atoms with E-state index >= 15 is 0 Å². The molecular formula is C17H24ClFN4O4S. The average molecular weight is 435 g/mol. The fourth-order valence-corrected chi connectivity index (χ4v) is 3.96. The Hall–Kier alpha value is -2.07. The van der Waals surface area contributed by atoms with E-state index in [1.807, 2.05) is 0 Å². The van der Waals surface area contributed by atoms with Crippen LogP contribution in [-0.2, 0) is 14.6 Å². The van der Waals surface area contributed by atoms with Crippen LogP contribution in [-0.4, -0.2) is 62.6 Å². The quantitative estimate of drug-likeness (QED) is 0.697. The first kappa shape index (κ1) is 22.2. The molecule has 3 N–H and O–H groups in total. The van der Waals surface area contributed by atoms with Gasteiger partial charge in [0.2, 0.25) is 0 Å². The number of amides is 1. The first-order chi connectivity index (χ1) is 12.7. The Labute approximate surface area is 169 Å². The van der Waals surface area contributed by atoms with E-state index in [0.29, 0.717) is 31.6 Å². The second kappa shape index (κ2) is 8.52. The van der Waals surface area contributed by atoms with Crippen molar-refractivity contribution in [3.8, 4) is 0 Å². The minimum absolute atomic E-state index is 0. The van der Waals surface area contributed by atoms with Gasteiger partial charge in [0.25, 0.3) is 0 Å². The normalized spacial score (nSPS) is 17.8. The van der Waals surface area contributed by atoms with Crippen LogP contribution in [0.1, 0.15) is 24.8 Å². The summed E-state index contributed by atoms with van der Waals surface area (Å²) in [6.45, 7) is 0.863. The molecule has 0 bridgehead atoms. The van der Waals surface area contributed by atoms with Crippen LogP contribution in [0, 0.1) is 5.82 Å². The van der Waals surface area contributed by atoms with Gasteiger partial charge in [-0.05, 0) is 18.6 Å². The summed E-state index contributed by atoms with van der Waals surface area (Å²) in [6, 6.07) is 4.70. The summed E-state index contributed by atoms with van der Waals surface area (Å²) in [5, 5.41) is 3.26. The highest BCUT2D eigenvalue weighted by molar-refractivity contribution is 7.90. The van der Waals surface area contributed by atoms with Crippen molar-refractivity contribution in [2.45, 2.75) is 24.9 Å². The molecule has 2 aliphatic heterocycles. The van der Waals surface area contributed by atoms with Crippen LogP contribution in [0.15, 0.2) is 23.2 Å². The Kier molecular flexibility index (Phi) is 6.76. The maximum atomic E-state index is 14.0. The number of ether oxygens (including phenoxy) is 1. The molecule has 2 aliphatic rings. The number of piperidine rings is 1. The van der Waals surface area contributed by atoms with Crippen molar-refractivity contribution in [1.82, 2.24) is 4.90 Å². The Morgan fingerprint density at radius 3 is 2.71 bits per heavy atom. The first-order valence-corrected chi connectivity index (χ1v) is 10.8. The van der Waals surface area contributed by atoms with Crippen molar-refractivity contribution in [1.29, 1.82) is 0 Å². The summed E-state index contributed by atoms with van der Waals surface area (Å²) >= 11 is 0. The number of nitrogens with two attached hydrogens (primary N) is 1. The second-order valence-electron chi connectivity index (χ2n) is 6.90. The monoisotopic (exact) mass is 434 g/mol. The number of nitrogens with zero attached hydrogens (tertiary/aromatic N) is 2. The Bertz CT molecular complexity index is 870. The van der Waals surface area contributed by atoms with Gasteiger partial charge in [-0.1, -0.05) is 6.07 Å². The highest BCUT2D eigenvalue weighted by Crippen LogP contribution is 2.35. The van der Waals surface area contributed by atoms with Crippen molar-refractivity contribution in [3.63, 3.8) is 0 Å². The molecule has 0 aliphatic carbocycles. The van der Waals surface area contributed by atoms with Gasteiger partial charge in [0.05, 0.1) is 17.9 Å². The first-order valence-electron chi connectivity index (χ1n) is 8.71. The number of fused-ring (bicyclic) bond motifs is 1. The van der Waals surface area contributed by atoms with Crippen molar-refractivity contribution < 1.29 is 22.3 Å². The summed E-state index contributed by atoms with van der Waals surface area (Å²) < 4.78 is 41.3. The van der Waals surface area contributed by atoms with Gasteiger partial charge in [-0.15, -0.1) is 12.4 Å². The number of nitrogens with one attached hydrogen (secondary N) is 1. The number of hydrogen-bond donors (Lipinski definition) is 2. The molecule has 1 spiro atoms. The predicted octanol–water partition coefficient (Wildman–Crippen LogP) is 1.74. The van der Waals surface area contributed by atoms with Gasteiger partial charge in [0, 0.05) is 37.9 Å². The van der Waals surface area contributed by atoms with Gasteiger partial charge in [-0.2, -0.15) is 0 Å². The van der Waals surface area contributed by atoms with E-state index in [1.54, 1.807) is 17.0 Å². The third kappa shape index (κ3) is 5.05. The number of halogens is 2. The number of amidine groups is 1. The molecule has 1 fully saturated rings. The Balaban J connectivity index is 0.00000280. The number of sulfone groups is 1. The standard InChI is InChI=1S/C17H23FN4O4S.ClH/c1-27(24,25)11-3-10-26-16(23)22-8-6-17(7-9-22)20-13-5-2-4-12(18)14(13)15(19)21-17;/h2,4-5,20H,3,6-11H2,1H3,(H2,19,21);1H. The molecule has 0 aromatic heterocycles. The maximum Gasteiger partial charge on any atom is 0.409 e. The summed E-state index contributed by atoms with van der Waals surface area (Å²) in [7, 11) is -3.06. The van der Waals surface area contributed by atoms with Crippen molar-refractivity contribution in [3.05, 3.63) is 29.6 Å². The lowest BCUT2D eigenvalue weighted by molar-refractivity contribution is 0.0867. The third-order valence-corrected chi connectivity index (χ3v) is 5.74. The molecule has 2 heterocycles. The van der Waals surface area contributed by atoms with E-state index in [-0.39, 0.29) is 42.6 Å². The lowest BCUT2D eigenvalue weighted by Crippen LogP contribution is -2.52. The molecule has 1 aromatic carbocycles. The van der Waals surface area contributed by atoms with Gasteiger partial charge in [0.15, 0.2) is 0 Å². The van der Waals surface area contributed by atoms with Crippen molar-refractivity contribution >= 4 is 39.9 Å². The third-order valence-electron chi connectivity index (χ3n) is 4.71. The van der Waals surface area contributed by atoms with Gasteiger partial charge in [-0.3, -0.25) is 0 Å². The van der Waals surface area contributed by atoms with E-state index in [0.717, 1.165) is 6.26 Å². The fraction of sp³-hybridized carbons (Fsp3) is 0.529. The van der Waals surface area contributed by atoms with Gasteiger partial charge in [-0.25, -0.2) is 22.6 Å². The second-order valence-corrected chi connectivity index (χ2v) is 9.16. The molecule has 1 amide bonds. The van der Waals surface area contributed by atoms with Gasteiger partial charge >= 0.3 is 6.09 Å². The zero-order chi connectivity index (χ0) is 19.7. The number of rotatable bonds is 4. The predicted molar refractivity (Wildman–Crippen MR) is 107 cm³/mol. The highest BCUT2D eigenvalue weighted by Gasteiger charge is 2.39. The number of hydrogen-bond acceptors (Lipinski definition) is 7. The highest BCUT2D eigenvalue weighted by atomic mass is 35.5. The number of carbonyl (C=O) groups is 1. The number of benzene rings is 1. The van der Waals surface area contributed by atoms with Crippen LogP contribution >= 0.6 is 12.4 Å². The van der Waals surface area contributed by atoms with E-state index in [4.69, 9.17) is 10.5 Å². The number of carbonyl (C=O) groups excluding carboxylic acids is 1. The van der Waals surface area contributed by atoms with E-state index in [1.165, 1.54) is 6.07 Å². The van der Waals surface area contributed by atoms with Crippen LogP contribution in [0.2, 0.25) is 0 Å². The lowest BCUT2D eigenvalue weighted by atomic mass is 9.94. The smallest absolute Gasteiger partial charge is 0.409 e. The molecule has 1 aromatic rings. The molecular weight excluding hydrogens is 411 g/mol. The summed E-state index contributed by atoms with van der Waals surface area (Å²) in [6.07, 6.45) is 1.95. The SMILES string of the molecule is CS(=O)(=O)CCCOC(=O)N1CCC2(CC1)N=C(N)c1c(F)cccc1N2.Cl. The van der Waals surface area contributed by atoms with Crippen LogP contribution in [0.5, 0.6) is 0 Å². The minimum atomic E-state index is -3.06. The van der Waals surface area contributed by atoms with E-state index < -0.39 is 27.4 Å². The minimum Gasteiger partial charge on any atom is -0.449 e. The molecule has 0 atom stereocenters. The molecule has 1 saturated heterocycles. The molecule has 156 valence electrons. The summed E-state index contributed by atoms with van der Waals surface area (Å²) in [4.78, 5) is 18.2. The number of likely N-dealkylation sites (tertiary alicyclic amines) is 1. The maximum absolute atomic E-state index is 14.0. The topological polar surface area (TPSA) is 114 Å². The van der Waals surface area contributed by atoms with Crippen LogP contribution in [0.25, 0.3) is 0 Å². The fourth-order valence-electron chi connectivity index (χ4n) is 3.32.